The van der Waals surface area contributed by atoms with Crippen LogP contribution in [0, 0.1) is 0 Å². The van der Waals surface area contributed by atoms with Crippen LogP contribution in [-0.2, 0) is 9.84 Å². The van der Waals surface area contributed by atoms with E-state index in [0.29, 0.717) is 10.8 Å². The summed E-state index contributed by atoms with van der Waals surface area (Å²) in [5.74, 6) is 0.199. The van der Waals surface area contributed by atoms with E-state index in [2.05, 4.69) is 5.32 Å². The molecule has 0 aromatic heterocycles. The molecule has 0 spiro atoms. The summed E-state index contributed by atoms with van der Waals surface area (Å²) < 4.78 is 22.4. The molecule has 6 heteroatoms. The molecule has 1 rings (SSSR count). The van der Waals surface area contributed by atoms with E-state index in [0.717, 1.165) is 13.1 Å². The minimum Gasteiger partial charge on any atom is -0.350 e. The SMILES string of the molecule is CCN(CC)C(=S)NC1=CCS(=O)(=O)C1. The molecule has 4 nitrogen and oxygen atoms in total. The van der Waals surface area contributed by atoms with Crippen LogP contribution < -0.4 is 5.32 Å². The van der Waals surface area contributed by atoms with Gasteiger partial charge in [0.2, 0.25) is 0 Å². The van der Waals surface area contributed by atoms with E-state index >= 15 is 0 Å². The fraction of sp³-hybridized carbons (Fsp3) is 0.667. The van der Waals surface area contributed by atoms with E-state index in [1.54, 1.807) is 6.08 Å². The van der Waals surface area contributed by atoms with Crippen molar-refractivity contribution in [1.29, 1.82) is 0 Å². The molecule has 1 heterocycles. The quantitative estimate of drug-likeness (QED) is 0.738. The van der Waals surface area contributed by atoms with Gasteiger partial charge in [-0.15, -0.1) is 0 Å². The second-order valence-corrected chi connectivity index (χ2v) is 5.88. The molecule has 0 amide bonds. The summed E-state index contributed by atoms with van der Waals surface area (Å²) in [6.07, 6.45) is 1.69. The molecule has 0 unspecified atom stereocenters. The van der Waals surface area contributed by atoms with E-state index < -0.39 is 9.84 Å². The van der Waals surface area contributed by atoms with E-state index in [1.165, 1.54) is 0 Å². The van der Waals surface area contributed by atoms with Crippen LogP contribution in [0.4, 0.5) is 0 Å². The second-order valence-electron chi connectivity index (χ2n) is 3.39. The van der Waals surface area contributed by atoms with Crippen molar-refractivity contribution in [2.24, 2.45) is 0 Å². The third kappa shape index (κ3) is 3.46. The number of thiocarbonyl (C=S) groups is 1. The molecule has 0 fully saturated rings. The van der Waals surface area contributed by atoms with E-state index in [4.69, 9.17) is 12.2 Å². The fourth-order valence-corrected chi connectivity index (χ4v) is 3.02. The highest BCUT2D eigenvalue weighted by molar-refractivity contribution is 7.92. The van der Waals surface area contributed by atoms with Crippen LogP contribution in [0.1, 0.15) is 13.8 Å². The molecule has 0 bridgehead atoms. The standard InChI is InChI=1S/C9H16N2O2S2/c1-3-11(4-2)9(14)10-8-5-6-15(12,13)7-8/h5H,3-4,6-7H2,1-2H3,(H,10,14). The summed E-state index contributed by atoms with van der Waals surface area (Å²) in [6, 6.07) is 0. The van der Waals surface area contributed by atoms with Gasteiger partial charge >= 0.3 is 0 Å². The van der Waals surface area contributed by atoms with E-state index in [9.17, 15) is 8.42 Å². The van der Waals surface area contributed by atoms with Gasteiger partial charge in [0.1, 0.15) is 0 Å². The van der Waals surface area contributed by atoms with Crippen LogP contribution in [0.5, 0.6) is 0 Å². The minimum atomic E-state index is -2.91. The van der Waals surface area contributed by atoms with Gasteiger partial charge in [0.05, 0.1) is 11.5 Å². The fourth-order valence-electron chi connectivity index (χ4n) is 1.40. The minimum absolute atomic E-state index is 0.0778. The Morgan fingerprint density at radius 1 is 1.53 bits per heavy atom. The van der Waals surface area contributed by atoms with Gasteiger partial charge in [-0.1, -0.05) is 0 Å². The molecule has 0 aliphatic carbocycles. The summed E-state index contributed by atoms with van der Waals surface area (Å²) in [5, 5.41) is 3.58. The van der Waals surface area contributed by atoms with Crippen LogP contribution >= 0.6 is 12.2 Å². The van der Waals surface area contributed by atoms with Crippen molar-refractivity contribution in [3.05, 3.63) is 11.8 Å². The Morgan fingerprint density at radius 2 is 2.13 bits per heavy atom. The molecule has 1 N–H and O–H groups in total. The number of sulfone groups is 1. The normalized spacial score (nSPS) is 18.4. The number of nitrogens with one attached hydrogen (secondary N) is 1. The summed E-state index contributed by atoms with van der Waals surface area (Å²) in [7, 11) is -2.91. The summed E-state index contributed by atoms with van der Waals surface area (Å²) in [6.45, 7) is 5.67. The number of hydrogen-bond acceptors (Lipinski definition) is 3. The lowest BCUT2D eigenvalue weighted by atomic mass is 10.4. The number of hydrogen-bond donors (Lipinski definition) is 1. The Kier molecular flexibility index (Phi) is 4.10. The zero-order valence-electron chi connectivity index (χ0n) is 8.99. The largest absolute Gasteiger partial charge is 0.350 e. The van der Waals surface area contributed by atoms with Crippen molar-refractivity contribution in [1.82, 2.24) is 10.2 Å². The first-order valence-corrected chi connectivity index (χ1v) is 7.17. The zero-order chi connectivity index (χ0) is 11.5. The van der Waals surface area contributed by atoms with Gasteiger partial charge in [0, 0.05) is 18.8 Å². The lowest BCUT2D eigenvalue weighted by Gasteiger charge is -2.22. The Balaban J connectivity index is 2.54. The first-order chi connectivity index (χ1) is 6.98. The van der Waals surface area contributed by atoms with Crippen molar-refractivity contribution >= 4 is 27.2 Å². The van der Waals surface area contributed by atoms with Crippen molar-refractivity contribution in [3.8, 4) is 0 Å². The highest BCUT2D eigenvalue weighted by Crippen LogP contribution is 2.08. The highest BCUT2D eigenvalue weighted by Gasteiger charge is 2.20. The maximum Gasteiger partial charge on any atom is 0.173 e. The van der Waals surface area contributed by atoms with Crippen LogP contribution in [0.3, 0.4) is 0 Å². The maximum atomic E-state index is 11.2. The molecule has 1 aliphatic rings. The lowest BCUT2D eigenvalue weighted by molar-refractivity contribution is 0.461. The average molecular weight is 248 g/mol. The Labute approximate surface area is 96.3 Å². The monoisotopic (exact) mass is 248 g/mol. The summed E-state index contributed by atoms with van der Waals surface area (Å²) >= 11 is 5.16. The summed E-state index contributed by atoms with van der Waals surface area (Å²) in [4.78, 5) is 1.97. The van der Waals surface area contributed by atoms with E-state index in [-0.39, 0.29) is 11.5 Å². The van der Waals surface area contributed by atoms with Crippen LogP contribution in [-0.4, -0.2) is 43.0 Å². The van der Waals surface area contributed by atoms with Crippen molar-refractivity contribution < 1.29 is 8.42 Å². The average Bonchev–Trinajstić information content (AvgIpc) is 2.47. The van der Waals surface area contributed by atoms with Crippen molar-refractivity contribution in [3.63, 3.8) is 0 Å². The zero-order valence-corrected chi connectivity index (χ0v) is 10.6. The van der Waals surface area contributed by atoms with Gasteiger partial charge in [-0.3, -0.25) is 0 Å². The molecule has 0 aromatic carbocycles. The topological polar surface area (TPSA) is 49.4 Å². The molecule has 0 radical (unpaired) electrons. The van der Waals surface area contributed by atoms with Gasteiger partial charge in [-0.2, -0.15) is 0 Å². The molecule has 0 atom stereocenters. The molecule has 0 saturated carbocycles. The van der Waals surface area contributed by atoms with Crippen LogP contribution in [0.25, 0.3) is 0 Å². The lowest BCUT2D eigenvalue weighted by Crippen LogP contribution is -2.39. The smallest absolute Gasteiger partial charge is 0.173 e. The van der Waals surface area contributed by atoms with Crippen molar-refractivity contribution in [2.75, 3.05) is 24.6 Å². The predicted molar refractivity (Wildman–Crippen MR) is 65.4 cm³/mol. The van der Waals surface area contributed by atoms with Crippen LogP contribution in [0.15, 0.2) is 11.8 Å². The van der Waals surface area contributed by atoms with Gasteiger partial charge < -0.3 is 10.2 Å². The first kappa shape index (κ1) is 12.4. The van der Waals surface area contributed by atoms with Gasteiger partial charge in [0.25, 0.3) is 0 Å². The molecular formula is C9H16N2O2S2. The van der Waals surface area contributed by atoms with Gasteiger partial charge in [-0.05, 0) is 32.1 Å². The molecule has 86 valence electrons. The number of rotatable bonds is 3. The molecular weight excluding hydrogens is 232 g/mol. The molecule has 1 aliphatic heterocycles. The van der Waals surface area contributed by atoms with Crippen LogP contribution in [0.2, 0.25) is 0 Å². The predicted octanol–water partition coefficient (Wildman–Crippen LogP) is 0.515. The van der Waals surface area contributed by atoms with Crippen molar-refractivity contribution in [2.45, 2.75) is 13.8 Å². The van der Waals surface area contributed by atoms with E-state index in [1.807, 2.05) is 18.7 Å². The van der Waals surface area contributed by atoms with Gasteiger partial charge in [0.15, 0.2) is 14.9 Å². The third-order valence-electron chi connectivity index (χ3n) is 2.28. The van der Waals surface area contributed by atoms with Gasteiger partial charge in [-0.25, -0.2) is 8.42 Å². The highest BCUT2D eigenvalue weighted by atomic mass is 32.2. The second kappa shape index (κ2) is 4.94. The summed E-state index contributed by atoms with van der Waals surface area (Å²) in [5.41, 5.74) is 0.701. The molecule has 0 aromatic rings. The molecule has 0 saturated heterocycles. The Hall–Kier alpha value is -0.620. The molecule has 15 heavy (non-hydrogen) atoms. The third-order valence-corrected chi connectivity index (χ3v) is 4.06. The Morgan fingerprint density at radius 3 is 2.53 bits per heavy atom. The number of nitrogens with zero attached hydrogens (tertiary/aromatic N) is 1. The Bertz CT molecular complexity index is 370. The maximum absolute atomic E-state index is 11.2. The first-order valence-electron chi connectivity index (χ1n) is 4.94.